The first-order valence-corrected chi connectivity index (χ1v) is 11.0. The van der Waals surface area contributed by atoms with Gasteiger partial charge in [-0.25, -0.2) is 9.36 Å². The zero-order valence-corrected chi connectivity index (χ0v) is 18.4. The molecule has 0 saturated carbocycles. The summed E-state index contributed by atoms with van der Waals surface area (Å²) in [5.74, 6) is 0. The Labute approximate surface area is 168 Å². The predicted octanol–water partition coefficient (Wildman–Crippen LogP) is 1.86. The summed E-state index contributed by atoms with van der Waals surface area (Å²) in [5, 5.41) is 0. The molecule has 3 heterocycles. The van der Waals surface area contributed by atoms with Gasteiger partial charge in [0.25, 0.3) is 5.56 Å². The Bertz CT molecular complexity index is 933. The molecular weight excluding hydrogens is 403 g/mol. The zero-order valence-electron chi connectivity index (χ0n) is 17.5. The summed E-state index contributed by atoms with van der Waals surface area (Å²) < 4.78 is 36.5. The van der Waals surface area contributed by atoms with Crippen molar-refractivity contribution in [3.05, 3.63) is 32.6 Å². The summed E-state index contributed by atoms with van der Waals surface area (Å²) in [4.78, 5) is 36.5. The number of phosphoric acid groups is 1. The molecule has 164 valence electrons. The van der Waals surface area contributed by atoms with Crippen molar-refractivity contribution in [2.75, 3.05) is 6.61 Å². The number of hydrogen-bond acceptors (Lipinski definition) is 7. The van der Waals surface area contributed by atoms with Gasteiger partial charge in [-0.05, 0) is 32.6 Å². The summed E-state index contributed by atoms with van der Waals surface area (Å²) >= 11 is 0. The fourth-order valence-corrected chi connectivity index (χ4v) is 5.20. The highest BCUT2D eigenvalue weighted by Gasteiger charge is 2.65. The van der Waals surface area contributed by atoms with Gasteiger partial charge in [-0.15, -0.1) is 0 Å². The van der Waals surface area contributed by atoms with E-state index in [0.29, 0.717) is 12.0 Å². The molecule has 2 unspecified atom stereocenters. The van der Waals surface area contributed by atoms with Crippen LogP contribution in [0.4, 0.5) is 0 Å². The minimum absolute atomic E-state index is 0.148. The number of H-pyrrole nitrogens is 1. The van der Waals surface area contributed by atoms with Crippen molar-refractivity contribution in [2.24, 2.45) is 5.41 Å². The molecule has 0 spiro atoms. The Morgan fingerprint density at radius 1 is 1.41 bits per heavy atom. The first-order chi connectivity index (χ1) is 13.2. The van der Waals surface area contributed by atoms with Crippen LogP contribution < -0.4 is 11.2 Å². The SMILES string of the molecule is Cc1cn([C@@H]2O[C@@]3(CC(C)(C)C)COC2[C@H]3OP(=O)(O)OC(C)C)c(=O)[nH]c1=O. The van der Waals surface area contributed by atoms with Crippen LogP contribution in [0.1, 0.15) is 52.8 Å². The number of phosphoric ester groups is 1. The molecule has 0 radical (unpaired) electrons. The van der Waals surface area contributed by atoms with E-state index in [4.69, 9.17) is 18.5 Å². The summed E-state index contributed by atoms with van der Waals surface area (Å²) in [5.41, 5.74) is -2.08. The highest BCUT2D eigenvalue weighted by molar-refractivity contribution is 7.47. The molecule has 2 aliphatic heterocycles. The minimum Gasteiger partial charge on any atom is -0.368 e. The van der Waals surface area contributed by atoms with E-state index >= 15 is 0 Å². The largest absolute Gasteiger partial charge is 0.472 e. The first kappa shape index (κ1) is 22.4. The molecule has 10 nitrogen and oxygen atoms in total. The predicted molar refractivity (Wildman–Crippen MR) is 104 cm³/mol. The van der Waals surface area contributed by atoms with E-state index in [-0.39, 0.29) is 12.0 Å². The fourth-order valence-electron chi connectivity index (χ4n) is 4.02. The van der Waals surface area contributed by atoms with Crippen LogP contribution in [0, 0.1) is 12.3 Å². The minimum atomic E-state index is -4.39. The molecule has 1 aromatic heterocycles. The van der Waals surface area contributed by atoms with Gasteiger partial charge in [0.05, 0.1) is 12.7 Å². The number of aromatic nitrogens is 2. The van der Waals surface area contributed by atoms with E-state index in [0.717, 1.165) is 0 Å². The maximum Gasteiger partial charge on any atom is 0.472 e. The Kier molecular flexibility index (Phi) is 5.75. The number of aryl methyl sites for hydroxylation is 1. The number of nitrogens with one attached hydrogen (secondary N) is 1. The third-order valence-corrected chi connectivity index (χ3v) is 6.00. The van der Waals surface area contributed by atoms with Gasteiger partial charge in [-0.3, -0.25) is 23.4 Å². The lowest BCUT2D eigenvalue weighted by Gasteiger charge is -2.36. The molecule has 11 heteroatoms. The summed E-state index contributed by atoms with van der Waals surface area (Å²) in [6.45, 7) is 11.0. The zero-order chi connectivity index (χ0) is 21.8. The maximum absolute atomic E-state index is 12.5. The smallest absolute Gasteiger partial charge is 0.368 e. The molecular formula is C18H29N2O8P. The molecule has 2 saturated heterocycles. The highest BCUT2D eigenvalue weighted by Crippen LogP contribution is 2.57. The lowest BCUT2D eigenvalue weighted by atomic mass is 9.80. The maximum atomic E-state index is 12.5. The van der Waals surface area contributed by atoms with Gasteiger partial charge in [0.15, 0.2) is 6.23 Å². The number of ether oxygens (including phenoxy) is 2. The quantitative estimate of drug-likeness (QED) is 0.652. The monoisotopic (exact) mass is 432 g/mol. The van der Waals surface area contributed by atoms with E-state index in [1.165, 1.54) is 10.8 Å². The van der Waals surface area contributed by atoms with Gasteiger partial charge >= 0.3 is 13.5 Å². The van der Waals surface area contributed by atoms with E-state index < -0.39 is 49.2 Å². The molecule has 0 amide bonds. The molecule has 3 rings (SSSR count). The topological polar surface area (TPSA) is 129 Å². The van der Waals surface area contributed by atoms with Crippen LogP contribution in [-0.2, 0) is 23.1 Å². The molecule has 5 atom stereocenters. The second-order valence-corrected chi connectivity index (χ2v) is 10.6. The average molecular weight is 432 g/mol. The molecule has 2 fully saturated rings. The van der Waals surface area contributed by atoms with Gasteiger partial charge in [0.2, 0.25) is 0 Å². The van der Waals surface area contributed by atoms with Crippen LogP contribution >= 0.6 is 7.82 Å². The van der Waals surface area contributed by atoms with Crippen molar-refractivity contribution in [1.82, 2.24) is 9.55 Å². The molecule has 0 aliphatic carbocycles. The second kappa shape index (κ2) is 7.44. The van der Waals surface area contributed by atoms with Crippen molar-refractivity contribution in [2.45, 2.75) is 78.1 Å². The van der Waals surface area contributed by atoms with Crippen molar-refractivity contribution in [1.29, 1.82) is 0 Å². The van der Waals surface area contributed by atoms with Gasteiger partial charge in [-0.1, -0.05) is 20.8 Å². The molecule has 2 aliphatic rings. The Morgan fingerprint density at radius 3 is 2.66 bits per heavy atom. The Balaban J connectivity index is 2.01. The molecule has 2 N–H and O–H groups in total. The Hall–Kier alpha value is -1.29. The molecule has 0 aromatic carbocycles. The molecule has 2 bridgehead atoms. The lowest BCUT2D eigenvalue weighted by Crippen LogP contribution is -2.45. The normalized spacial score (nSPS) is 31.4. The third kappa shape index (κ3) is 4.57. The fraction of sp³-hybridized carbons (Fsp3) is 0.778. The summed E-state index contributed by atoms with van der Waals surface area (Å²) in [7, 11) is -4.39. The summed E-state index contributed by atoms with van der Waals surface area (Å²) in [6.07, 6.45) is -1.35. The number of aromatic amines is 1. The Morgan fingerprint density at radius 2 is 2.07 bits per heavy atom. The number of hydrogen-bond donors (Lipinski definition) is 2. The van der Waals surface area contributed by atoms with Crippen LogP contribution in [0.3, 0.4) is 0 Å². The van der Waals surface area contributed by atoms with Crippen molar-refractivity contribution in [3.8, 4) is 0 Å². The van der Waals surface area contributed by atoms with Gasteiger partial charge < -0.3 is 14.4 Å². The van der Waals surface area contributed by atoms with Crippen LogP contribution in [0.2, 0.25) is 0 Å². The van der Waals surface area contributed by atoms with E-state index in [2.05, 4.69) is 4.98 Å². The average Bonchev–Trinajstić information content (AvgIpc) is 2.98. The number of rotatable bonds is 6. The van der Waals surface area contributed by atoms with Gasteiger partial charge in [-0.2, -0.15) is 0 Å². The lowest BCUT2D eigenvalue weighted by molar-refractivity contribution is -0.184. The van der Waals surface area contributed by atoms with E-state index in [1.807, 2.05) is 20.8 Å². The standard InChI is InChI=1S/C18H29N2O8P/c1-10(2)27-29(23,24)28-13-12-15(20-7-11(3)14(21)19-16(20)22)26-18(13,9-25-12)8-17(4,5)6/h7,10,12-13,15H,8-9H2,1-6H3,(H,23,24)(H,19,21,22)/t12?,13-,15-,18+/m1/s1. The van der Waals surface area contributed by atoms with E-state index in [1.54, 1.807) is 20.8 Å². The van der Waals surface area contributed by atoms with Gasteiger partial charge in [0, 0.05) is 11.8 Å². The van der Waals surface area contributed by atoms with Gasteiger partial charge in [0.1, 0.15) is 17.8 Å². The highest BCUT2D eigenvalue weighted by atomic mass is 31.2. The second-order valence-electron chi connectivity index (χ2n) is 9.21. The summed E-state index contributed by atoms with van der Waals surface area (Å²) in [6, 6.07) is 0. The molecule has 1 aromatic rings. The van der Waals surface area contributed by atoms with Crippen molar-refractivity contribution >= 4 is 7.82 Å². The van der Waals surface area contributed by atoms with Crippen LogP contribution in [0.5, 0.6) is 0 Å². The third-order valence-electron chi connectivity index (χ3n) is 4.81. The first-order valence-electron chi connectivity index (χ1n) is 9.54. The van der Waals surface area contributed by atoms with Crippen LogP contribution in [0.15, 0.2) is 15.8 Å². The van der Waals surface area contributed by atoms with Crippen LogP contribution in [-0.4, -0.2) is 45.0 Å². The molecule has 29 heavy (non-hydrogen) atoms. The van der Waals surface area contributed by atoms with E-state index in [9.17, 15) is 19.0 Å². The number of nitrogens with zero attached hydrogens (tertiary/aromatic N) is 1. The van der Waals surface area contributed by atoms with Crippen LogP contribution in [0.25, 0.3) is 0 Å². The van der Waals surface area contributed by atoms with Crippen molar-refractivity contribution < 1.29 is 28.0 Å². The van der Waals surface area contributed by atoms with Crippen molar-refractivity contribution in [3.63, 3.8) is 0 Å². The number of fused-ring (bicyclic) bond motifs is 2.